The summed E-state index contributed by atoms with van der Waals surface area (Å²) in [4.78, 5) is 15.8. The second-order valence-corrected chi connectivity index (χ2v) is 5.22. The Morgan fingerprint density at radius 2 is 1.88 bits per heavy atom. The molecule has 0 saturated heterocycles. The molecule has 0 spiro atoms. The van der Waals surface area contributed by atoms with Gasteiger partial charge in [-0.05, 0) is 32.3 Å². The van der Waals surface area contributed by atoms with Crippen LogP contribution in [0.15, 0.2) is 22.7 Å². The number of anilines is 1. The summed E-state index contributed by atoms with van der Waals surface area (Å²) < 4.78 is 0.821. The molecular formula is C12H18BrN3O. The van der Waals surface area contributed by atoms with Crippen molar-refractivity contribution >= 4 is 27.5 Å². The van der Waals surface area contributed by atoms with Crippen molar-refractivity contribution in [2.45, 2.75) is 0 Å². The van der Waals surface area contributed by atoms with Crippen molar-refractivity contribution in [2.75, 3.05) is 40.0 Å². The van der Waals surface area contributed by atoms with Crippen LogP contribution in [0.5, 0.6) is 0 Å². The lowest BCUT2D eigenvalue weighted by molar-refractivity contribution is 0.0786. The minimum Gasteiger partial charge on any atom is -0.399 e. The van der Waals surface area contributed by atoms with Crippen LogP contribution in [0, 0.1) is 0 Å². The van der Waals surface area contributed by atoms with E-state index in [0.717, 1.165) is 11.0 Å². The summed E-state index contributed by atoms with van der Waals surface area (Å²) in [6.07, 6.45) is 0. The van der Waals surface area contributed by atoms with Crippen LogP contribution in [0.25, 0.3) is 0 Å². The molecule has 0 unspecified atom stereocenters. The lowest BCUT2D eigenvalue weighted by Crippen LogP contribution is -2.33. The topological polar surface area (TPSA) is 49.6 Å². The first kappa shape index (κ1) is 14.0. The zero-order chi connectivity index (χ0) is 13.0. The van der Waals surface area contributed by atoms with Crippen molar-refractivity contribution < 1.29 is 4.79 Å². The van der Waals surface area contributed by atoms with Crippen molar-refractivity contribution in [3.8, 4) is 0 Å². The highest BCUT2D eigenvalue weighted by atomic mass is 79.9. The number of carbonyl (C=O) groups is 1. The highest BCUT2D eigenvalue weighted by Crippen LogP contribution is 2.18. The summed E-state index contributed by atoms with van der Waals surface area (Å²) in [6.45, 7) is 1.53. The van der Waals surface area contributed by atoms with Crippen LogP contribution in [0.4, 0.5) is 5.69 Å². The SMILES string of the molecule is CN(C)CCN(C)C(=O)c1cc(N)cc(Br)c1. The van der Waals surface area contributed by atoms with Gasteiger partial charge in [-0.15, -0.1) is 0 Å². The normalized spacial score (nSPS) is 10.6. The number of halogens is 1. The minimum absolute atomic E-state index is 0.0140. The number of benzene rings is 1. The quantitative estimate of drug-likeness (QED) is 0.861. The number of nitrogens with two attached hydrogens (primary N) is 1. The van der Waals surface area contributed by atoms with E-state index in [4.69, 9.17) is 5.73 Å². The summed E-state index contributed by atoms with van der Waals surface area (Å²) in [5.41, 5.74) is 6.91. The van der Waals surface area contributed by atoms with Crippen LogP contribution in [-0.2, 0) is 0 Å². The molecule has 0 aliphatic heterocycles. The number of hydrogen-bond acceptors (Lipinski definition) is 3. The van der Waals surface area contributed by atoms with Gasteiger partial charge in [0.15, 0.2) is 0 Å². The Bertz CT molecular complexity index is 386. The average molecular weight is 300 g/mol. The maximum atomic E-state index is 12.1. The van der Waals surface area contributed by atoms with Crippen LogP contribution in [0.1, 0.15) is 10.4 Å². The first-order chi connectivity index (χ1) is 7.90. The molecule has 0 fully saturated rings. The molecule has 5 heteroatoms. The molecule has 94 valence electrons. The first-order valence-corrected chi connectivity index (χ1v) is 6.15. The second-order valence-electron chi connectivity index (χ2n) is 4.30. The summed E-state index contributed by atoms with van der Waals surface area (Å²) in [5, 5.41) is 0. The molecule has 0 atom stereocenters. The van der Waals surface area contributed by atoms with Gasteiger partial charge in [0.2, 0.25) is 0 Å². The molecule has 0 heterocycles. The van der Waals surface area contributed by atoms with E-state index in [1.165, 1.54) is 0 Å². The second kappa shape index (κ2) is 6.02. The minimum atomic E-state index is -0.0140. The van der Waals surface area contributed by atoms with E-state index in [2.05, 4.69) is 15.9 Å². The predicted molar refractivity (Wildman–Crippen MR) is 74.1 cm³/mol. The number of likely N-dealkylation sites (N-methyl/N-ethyl adjacent to an activating group) is 2. The molecule has 1 aromatic carbocycles. The molecule has 1 amide bonds. The number of hydrogen-bond donors (Lipinski definition) is 1. The maximum Gasteiger partial charge on any atom is 0.253 e. The molecule has 0 bridgehead atoms. The summed E-state index contributed by atoms with van der Waals surface area (Å²) in [6, 6.07) is 5.25. The zero-order valence-corrected chi connectivity index (χ0v) is 12.0. The highest BCUT2D eigenvalue weighted by molar-refractivity contribution is 9.10. The van der Waals surface area contributed by atoms with E-state index < -0.39 is 0 Å². The van der Waals surface area contributed by atoms with Crippen LogP contribution in [0.2, 0.25) is 0 Å². The smallest absolute Gasteiger partial charge is 0.253 e. The fourth-order valence-electron chi connectivity index (χ4n) is 1.41. The monoisotopic (exact) mass is 299 g/mol. The molecule has 0 radical (unpaired) electrons. The summed E-state index contributed by atoms with van der Waals surface area (Å²) >= 11 is 3.33. The van der Waals surface area contributed by atoms with Gasteiger partial charge in [-0.25, -0.2) is 0 Å². The Morgan fingerprint density at radius 1 is 1.24 bits per heavy atom. The van der Waals surface area contributed by atoms with Crippen LogP contribution < -0.4 is 5.73 Å². The lowest BCUT2D eigenvalue weighted by Gasteiger charge is -2.20. The fourth-order valence-corrected chi connectivity index (χ4v) is 1.92. The van der Waals surface area contributed by atoms with Gasteiger partial charge in [-0.3, -0.25) is 4.79 Å². The van der Waals surface area contributed by atoms with Gasteiger partial charge in [0.1, 0.15) is 0 Å². The van der Waals surface area contributed by atoms with Crippen molar-refractivity contribution in [3.05, 3.63) is 28.2 Å². The number of amides is 1. The van der Waals surface area contributed by atoms with Gasteiger partial charge in [0.05, 0.1) is 0 Å². The van der Waals surface area contributed by atoms with Crippen molar-refractivity contribution in [2.24, 2.45) is 0 Å². The van der Waals surface area contributed by atoms with Gasteiger partial charge in [-0.1, -0.05) is 15.9 Å². The van der Waals surface area contributed by atoms with E-state index in [1.54, 1.807) is 30.1 Å². The fraction of sp³-hybridized carbons (Fsp3) is 0.417. The van der Waals surface area contributed by atoms with E-state index >= 15 is 0 Å². The van der Waals surface area contributed by atoms with Crippen LogP contribution >= 0.6 is 15.9 Å². The van der Waals surface area contributed by atoms with E-state index in [0.29, 0.717) is 17.8 Å². The molecule has 0 saturated carbocycles. The van der Waals surface area contributed by atoms with Crippen molar-refractivity contribution in [1.29, 1.82) is 0 Å². The molecular weight excluding hydrogens is 282 g/mol. The van der Waals surface area contributed by atoms with Gasteiger partial charge in [0.25, 0.3) is 5.91 Å². The van der Waals surface area contributed by atoms with Crippen LogP contribution in [0.3, 0.4) is 0 Å². The predicted octanol–water partition coefficient (Wildman–Crippen LogP) is 1.66. The molecule has 1 aromatic rings. The third-order valence-electron chi connectivity index (χ3n) is 2.40. The van der Waals surface area contributed by atoms with Crippen LogP contribution in [-0.4, -0.2) is 49.9 Å². The Kier molecular flexibility index (Phi) is 4.96. The number of nitrogen functional groups attached to an aromatic ring is 1. The van der Waals surface area contributed by atoms with Crippen molar-refractivity contribution in [1.82, 2.24) is 9.80 Å². The summed E-state index contributed by atoms with van der Waals surface area (Å²) in [7, 11) is 5.76. The van der Waals surface area contributed by atoms with E-state index in [1.807, 2.05) is 19.0 Å². The largest absolute Gasteiger partial charge is 0.399 e. The van der Waals surface area contributed by atoms with Gasteiger partial charge in [-0.2, -0.15) is 0 Å². The highest BCUT2D eigenvalue weighted by Gasteiger charge is 2.12. The van der Waals surface area contributed by atoms with Crippen molar-refractivity contribution in [3.63, 3.8) is 0 Å². The zero-order valence-electron chi connectivity index (χ0n) is 10.4. The van der Waals surface area contributed by atoms with Gasteiger partial charge in [0, 0.05) is 35.9 Å². The molecule has 2 N–H and O–H groups in total. The van der Waals surface area contributed by atoms with Gasteiger partial charge < -0.3 is 15.5 Å². The number of nitrogens with zero attached hydrogens (tertiary/aromatic N) is 2. The average Bonchev–Trinajstić information content (AvgIpc) is 2.23. The van der Waals surface area contributed by atoms with E-state index in [-0.39, 0.29) is 5.91 Å². The maximum absolute atomic E-state index is 12.1. The first-order valence-electron chi connectivity index (χ1n) is 5.36. The third-order valence-corrected chi connectivity index (χ3v) is 2.85. The summed E-state index contributed by atoms with van der Waals surface area (Å²) in [5.74, 6) is -0.0140. The Morgan fingerprint density at radius 3 is 2.41 bits per heavy atom. The lowest BCUT2D eigenvalue weighted by atomic mass is 10.2. The molecule has 17 heavy (non-hydrogen) atoms. The Balaban J connectivity index is 2.74. The number of carbonyl (C=O) groups excluding carboxylic acids is 1. The molecule has 0 aliphatic rings. The molecule has 1 rings (SSSR count). The third kappa shape index (κ3) is 4.36. The van der Waals surface area contributed by atoms with Gasteiger partial charge >= 0.3 is 0 Å². The molecule has 0 aromatic heterocycles. The number of rotatable bonds is 4. The standard InChI is InChI=1S/C12H18BrN3O/c1-15(2)4-5-16(3)12(17)9-6-10(13)8-11(14)7-9/h6-8H,4-5,14H2,1-3H3. The molecule has 0 aliphatic carbocycles. The van der Waals surface area contributed by atoms with E-state index in [9.17, 15) is 4.79 Å². The Labute approximate surface area is 111 Å². The Hall–Kier alpha value is -1.07. The molecule has 4 nitrogen and oxygen atoms in total.